The van der Waals surface area contributed by atoms with Crippen molar-refractivity contribution in [2.45, 2.75) is 58.0 Å². The minimum atomic E-state index is -0.348. The lowest BCUT2D eigenvalue weighted by Gasteiger charge is -2.14. The highest BCUT2D eigenvalue weighted by molar-refractivity contribution is 7.98. The Labute approximate surface area is 177 Å². The molecule has 0 aliphatic carbocycles. The Morgan fingerprint density at radius 3 is 1.78 bits per heavy atom. The zero-order valence-electron chi connectivity index (χ0n) is 17.9. The second-order valence-electron chi connectivity index (χ2n) is 6.90. The van der Waals surface area contributed by atoms with Crippen molar-refractivity contribution in [2.75, 3.05) is 50.2 Å². The van der Waals surface area contributed by atoms with Crippen molar-refractivity contribution in [3.05, 3.63) is 24.3 Å². The third-order valence-corrected chi connectivity index (χ3v) is 5.77. The van der Waals surface area contributed by atoms with E-state index in [-0.39, 0.29) is 12.0 Å². The molecule has 0 rings (SSSR count). The highest BCUT2D eigenvalue weighted by Crippen LogP contribution is 2.13. The molecular weight excluding hydrogens is 372 g/mol. The molecule has 0 aliphatic rings. The van der Waals surface area contributed by atoms with Gasteiger partial charge in [0.25, 0.3) is 0 Å². The van der Waals surface area contributed by atoms with Gasteiger partial charge < -0.3 is 15.7 Å². The van der Waals surface area contributed by atoms with E-state index in [2.05, 4.69) is 48.3 Å². The van der Waals surface area contributed by atoms with Crippen LogP contribution >= 0.6 is 23.5 Å². The van der Waals surface area contributed by atoms with E-state index in [1.54, 1.807) is 0 Å². The Morgan fingerprint density at radius 1 is 0.778 bits per heavy atom. The molecule has 0 aromatic carbocycles. The molecule has 0 radical (unpaired) electrons. The predicted octanol–water partition coefficient (Wildman–Crippen LogP) is 4.73. The highest BCUT2D eigenvalue weighted by atomic mass is 32.2. The van der Waals surface area contributed by atoms with Gasteiger partial charge in [0.1, 0.15) is 0 Å². The number of thioether (sulfide) groups is 2. The lowest BCUT2D eigenvalue weighted by molar-refractivity contribution is 0.174. The summed E-state index contributed by atoms with van der Waals surface area (Å²) < 4.78 is 0. The zero-order chi connectivity index (χ0) is 20.0. The lowest BCUT2D eigenvalue weighted by atomic mass is 9.97. The molecule has 0 aromatic rings. The van der Waals surface area contributed by atoms with E-state index < -0.39 is 0 Å². The van der Waals surface area contributed by atoms with Gasteiger partial charge in [-0.25, -0.2) is 0 Å². The maximum atomic E-state index is 10.4. The second kappa shape index (κ2) is 22.4. The molecule has 5 heteroatoms. The van der Waals surface area contributed by atoms with Crippen LogP contribution in [0, 0.1) is 5.92 Å². The van der Waals surface area contributed by atoms with Gasteiger partial charge in [-0.3, -0.25) is 0 Å². The number of hydrogen-bond acceptors (Lipinski definition) is 5. The Balaban J connectivity index is 3.72. The highest BCUT2D eigenvalue weighted by Gasteiger charge is 2.10. The Hall–Kier alpha value is 0.0600. The van der Waals surface area contributed by atoms with E-state index >= 15 is 0 Å². The molecule has 0 aliphatic heterocycles. The molecular formula is C22H44N2OS2. The van der Waals surface area contributed by atoms with Crippen LogP contribution in [0.2, 0.25) is 0 Å². The van der Waals surface area contributed by atoms with Gasteiger partial charge in [-0.1, -0.05) is 31.2 Å². The smallest absolute Gasteiger partial charge is 0.0783 e. The van der Waals surface area contributed by atoms with Gasteiger partial charge in [0.15, 0.2) is 0 Å². The Kier molecular flexibility index (Phi) is 22.4. The van der Waals surface area contributed by atoms with Crippen LogP contribution in [0.5, 0.6) is 0 Å². The van der Waals surface area contributed by atoms with Crippen LogP contribution in [0.3, 0.4) is 0 Å². The van der Waals surface area contributed by atoms with E-state index in [9.17, 15) is 5.11 Å². The number of allylic oxidation sites excluding steroid dienone is 2. The van der Waals surface area contributed by atoms with E-state index in [4.69, 9.17) is 0 Å². The summed E-state index contributed by atoms with van der Waals surface area (Å²) in [7, 11) is 0. The summed E-state index contributed by atoms with van der Waals surface area (Å²) >= 11 is 3.77. The minimum absolute atomic E-state index is 0.245. The van der Waals surface area contributed by atoms with E-state index in [0.717, 1.165) is 45.4 Å². The van der Waals surface area contributed by atoms with Crippen molar-refractivity contribution in [3.8, 4) is 0 Å². The van der Waals surface area contributed by atoms with Crippen LogP contribution in [-0.2, 0) is 0 Å². The van der Waals surface area contributed by atoms with Crippen molar-refractivity contribution in [2.24, 2.45) is 5.92 Å². The maximum Gasteiger partial charge on any atom is 0.0783 e. The molecule has 2 unspecified atom stereocenters. The SMILES string of the molecule is CCC(C=CCCCCNCCSC)C(O)C=CCCCCNCCSC. The molecule has 27 heavy (non-hydrogen) atoms. The average molecular weight is 417 g/mol. The monoisotopic (exact) mass is 416 g/mol. The fraction of sp³-hybridized carbons (Fsp3) is 0.818. The van der Waals surface area contributed by atoms with Gasteiger partial charge in [-0.2, -0.15) is 23.5 Å². The topological polar surface area (TPSA) is 44.3 Å². The van der Waals surface area contributed by atoms with Crippen molar-refractivity contribution in [3.63, 3.8) is 0 Å². The van der Waals surface area contributed by atoms with E-state index in [1.165, 1.54) is 37.2 Å². The average Bonchev–Trinajstić information content (AvgIpc) is 2.68. The summed E-state index contributed by atoms with van der Waals surface area (Å²) in [4.78, 5) is 0. The first-order chi connectivity index (χ1) is 13.3. The van der Waals surface area contributed by atoms with Gasteiger partial charge in [0.2, 0.25) is 0 Å². The molecule has 0 saturated heterocycles. The third kappa shape index (κ3) is 19.2. The summed E-state index contributed by atoms with van der Waals surface area (Å²) in [5.74, 6) is 2.63. The quantitative estimate of drug-likeness (QED) is 0.198. The molecule has 0 fully saturated rings. The van der Waals surface area contributed by atoms with Crippen molar-refractivity contribution < 1.29 is 5.11 Å². The van der Waals surface area contributed by atoms with Crippen molar-refractivity contribution in [1.82, 2.24) is 10.6 Å². The summed E-state index contributed by atoms with van der Waals surface area (Å²) in [6, 6.07) is 0. The summed E-state index contributed by atoms with van der Waals surface area (Å²) in [5, 5.41) is 17.3. The minimum Gasteiger partial charge on any atom is -0.388 e. The summed E-state index contributed by atoms with van der Waals surface area (Å²) in [5.41, 5.74) is 0. The number of aliphatic hydroxyl groups is 1. The fourth-order valence-electron chi connectivity index (χ4n) is 2.76. The number of nitrogens with one attached hydrogen (secondary N) is 2. The van der Waals surface area contributed by atoms with Gasteiger partial charge in [0.05, 0.1) is 6.10 Å². The van der Waals surface area contributed by atoms with Gasteiger partial charge in [-0.05, 0) is 70.5 Å². The van der Waals surface area contributed by atoms with E-state index in [1.807, 2.05) is 29.6 Å². The van der Waals surface area contributed by atoms with Crippen LogP contribution < -0.4 is 10.6 Å². The number of aliphatic hydroxyl groups excluding tert-OH is 1. The number of hydrogen-bond donors (Lipinski definition) is 3. The van der Waals surface area contributed by atoms with Crippen molar-refractivity contribution in [1.29, 1.82) is 0 Å². The molecule has 0 saturated carbocycles. The molecule has 3 N–H and O–H groups in total. The zero-order valence-corrected chi connectivity index (χ0v) is 19.6. The number of rotatable bonds is 20. The Bertz CT molecular complexity index is 351. The van der Waals surface area contributed by atoms with Crippen LogP contribution in [0.25, 0.3) is 0 Å². The molecule has 160 valence electrons. The van der Waals surface area contributed by atoms with E-state index in [0.29, 0.717) is 0 Å². The van der Waals surface area contributed by atoms with Crippen LogP contribution in [0.4, 0.5) is 0 Å². The van der Waals surface area contributed by atoms with Crippen LogP contribution in [-0.4, -0.2) is 61.4 Å². The second-order valence-corrected chi connectivity index (χ2v) is 8.87. The summed E-state index contributed by atoms with van der Waals surface area (Å²) in [6.07, 6.45) is 20.6. The standard InChI is InChI=1S/C22H44N2OS2/c1-4-21(13-9-5-7-11-15-23-17-19-26-2)22(25)14-10-6-8-12-16-24-18-20-27-3/h9-10,13-14,21-25H,4-8,11-12,15-20H2,1-3H3. The predicted molar refractivity (Wildman–Crippen MR) is 128 cm³/mol. The van der Waals surface area contributed by atoms with Gasteiger partial charge in [0, 0.05) is 30.5 Å². The normalized spacial score (nSPS) is 14.4. The largest absolute Gasteiger partial charge is 0.388 e. The first kappa shape index (κ1) is 27.1. The van der Waals surface area contributed by atoms with Gasteiger partial charge >= 0.3 is 0 Å². The molecule has 3 nitrogen and oxygen atoms in total. The maximum absolute atomic E-state index is 10.4. The third-order valence-electron chi connectivity index (χ3n) is 4.54. The Morgan fingerprint density at radius 2 is 1.30 bits per heavy atom. The molecule has 0 aromatic heterocycles. The fourth-order valence-corrected chi connectivity index (χ4v) is 3.46. The number of unbranched alkanes of at least 4 members (excludes halogenated alkanes) is 4. The lowest BCUT2D eigenvalue weighted by Crippen LogP contribution is -2.18. The van der Waals surface area contributed by atoms with Crippen molar-refractivity contribution >= 4 is 23.5 Å². The van der Waals surface area contributed by atoms with Gasteiger partial charge in [-0.15, -0.1) is 0 Å². The molecule has 0 spiro atoms. The van der Waals surface area contributed by atoms with Crippen LogP contribution in [0.1, 0.15) is 51.9 Å². The molecule has 2 atom stereocenters. The van der Waals surface area contributed by atoms with Crippen LogP contribution in [0.15, 0.2) is 24.3 Å². The molecule has 0 bridgehead atoms. The molecule has 0 heterocycles. The summed E-state index contributed by atoms with van der Waals surface area (Å²) in [6.45, 7) is 6.59. The first-order valence-corrected chi connectivity index (χ1v) is 13.5. The first-order valence-electron chi connectivity index (χ1n) is 10.7. The molecule has 0 amide bonds.